The smallest absolute Gasteiger partial charge is 0.298 e. The van der Waals surface area contributed by atoms with Crippen molar-refractivity contribution in [1.82, 2.24) is 5.32 Å². The summed E-state index contributed by atoms with van der Waals surface area (Å²) in [6.45, 7) is 0.830. The zero-order valence-corrected chi connectivity index (χ0v) is 10.2. The molecular weight excluding hydrogens is 242 g/mol. The SMILES string of the molecule is O=COc1ccc(C(=O)NCc2ccccc2)cc1. The number of carbonyl (C=O) groups excluding carboxylic acids is 2. The maximum atomic E-state index is 11.9. The summed E-state index contributed by atoms with van der Waals surface area (Å²) in [6.07, 6.45) is 0. The molecule has 0 bridgehead atoms. The van der Waals surface area contributed by atoms with Crippen LogP contribution in [0.2, 0.25) is 0 Å². The second-order valence-corrected chi connectivity index (χ2v) is 3.91. The highest BCUT2D eigenvalue weighted by Gasteiger charge is 2.05. The van der Waals surface area contributed by atoms with Gasteiger partial charge in [0.05, 0.1) is 0 Å². The second-order valence-electron chi connectivity index (χ2n) is 3.91. The Labute approximate surface area is 111 Å². The van der Waals surface area contributed by atoms with E-state index < -0.39 is 0 Å². The highest BCUT2D eigenvalue weighted by atomic mass is 16.5. The highest BCUT2D eigenvalue weighted by molar-refractivity contribution is 5.94. The average Bonchev–Trinajstić information content (AvgIpc) is 2.47. The molecule has 0 radical (unpaired) electrons. The van der Waals surface area contributed by atoms with Crippen molar-refractivity contribution in [2.45, 2.75) is 6.54 Å². The lowest BCUT2D eigenvalue weighted by molar-refractivity contribution is -0.120. The molecule has 2 aromatic carbocycles. The van der Waals surface area contributed by atoms with E-state index in [1.54, 1.807) is 24.3 Å². The summed E-state index contributed by atoms with van der Waals surface area (Å²) in [5.74, 6) is 0.246. The van der Waals surface area contributed by atoms with Gasteiger partial charge < -0.3 is 10.1 Å². The molecule has 1 N–H and O–H groups in total. The lowest BCUT2D eigenvalue weighted by Crippen LogP contribution is -2.22. The number of hydrogen-bond donors (Lipinski definition) is 1. The maximum absolute atomic E-state index is 11.9. The largest absolute Gasteiger partial charge is 0.429 e. The van der Waals surface area contributed by atoms with E-state index in [2.05, 4.69) is 10.1 Å². The van der Waals surface area contributed by atoms with Gasteiger partial charge in [0.2, 0.25) is 0 Å². The molecule has 96 valence electrons. The molecule has 0 saturated carbocycles. The van der Waals surface area contributed by atoms with E-state index in [4.69, 9.17) is 0 Å². The van der Waals surface area contributed by atoms with Crippen LogP contribution in [0.1, 0.15) is 15.9 Å². The molecule has 0 aliphatic carbocycles. The number of amides is 1. The standard InChI is InChI=1S/C15H13NO3/c17-11-19-14-8-6-13(7-9-14)15(18)16-10-12-4-2-1-3-5-12/h1-9,11H,10H2,(H,16,18). The Balaban J connectivity index is 1.94. The molecule has 19 heavy (non-hydrogen) atoms. The molecule has 2 aromatic rings. The number of ether oxygens (including phenoxy) is 1. The van der Waals surface area contributed by atoms with Gasteiger partial charge in [-0.15, -0.1) is 0 Å². The average molecular weight is 255 g/mol. The first kappa shape index (κ1) is 12.8. The van der Waals surface area contributed by atoms with E-state index in [9.17, 15) is 9.59 Å². The normalized spacial score (nSPS) is 9.68. The van der Waals surface area contributed by atoms with Gasteiger partial charge in [-0.3, -0.25) is 9.59 Å². The Bertz CT molecular complexity index is 549. The van der Waals surface area contributed by atoms with Crippen LogP contribution in [-0.2, 0) is 11.3 Å². The zero-order valence-electron chi connectivity index (χ0n) is 10.2. The van der Waals surface area contributed by atoms with Gasteiger partial charge in [-0.25, -0.2) is 0 Å². The van der Waals surface area contributed by atoms with Gasteiger partial charge in [0, 0.05) is 12.1 Å². The van der Waals surface area contributed by atoms with E-state index in [-0.39, 0.29) is 5.91 Å². The van der Waals surface area contributed by atoms with Gasteiger partial charge in [-0.2, -0.15) is 0 Å². The third kappa shape index (κ3) is 3.67. The summed E-state index contributed by atoms with van der Waals surface area (Å²) >= 11 is 0. The molecular formula is C15H13NO3. The van der Waals surface area contributed by atoms with Crippen LogP contribution in [0.15, 0.2) is 54.6 Å². The van der Waals surface area contributed by atoms with E-state index >= 15 is 0 Å². The number of carbonyl (C=O) groups is 2. The predicted molar refractivity (Wildman–Crippen MR) is 70.7 cm³/mol. The molecule has 4 heteroatoms. The number of nitrogens with one attached hydrogen (secondary N) is 1. The number of benzene rings is 2. The minimum absolute atomic E-state index is 0.165. The molecule has 1 amide bonds. The van der Waals surface area contributed by atoms with Gasteiger partial charge in [0.25, 0.3) is 12.4 Å². The van der Waals surface area contributed by atoms with Crippen LogP contribution in [0, 0.1) is 0 Å². The van der Waals surface area contributed by atoms with E-state index in [0.29, 0.717) is 24.3 Å². The van der Waals surface area contributed by atoms with Crippen LogP contribution in [0.25, 0.3) is 0 Å². The number of rotatable bonds is 5. The van der Waals surface area contributed by atoms with E-state index in [1.165, 1.54) is 0 Å². The first-order valence-corrected chi connectivity index (χ1v) is 5.82. The molecule has 0 heterocycles. The van der Waals surface area contributed by atoms with Crippen molar-refractivity contribution < 1.29 is 14.3 Å². The molecule has 0 unspecified atom stereocenters. The molecule has 0 aliphatic heterocycles. The quantitative estimate of drug-likeness (QED) is 0.833. The fraction of sp³-hybridized carbons (Fsp3) is 0.0667. The molecule has 0 fully saturated rings. The molecule has 2 rings (SSSR count). The molecule has 4 nitrogen and oxygen atoms in total. The molecule has 0 aromatic heterocycles. The maximum Gasteiger partial charge on any atom is 0.298 e. The minimum atomic E-state index is -0.165. The highest BCUT2D eigenvalue weighted by Crippen LogP contribution is 2.11. The van der Waals surface area contributed by atoms with Gasteiger partial charge in [-0.05, 0) is 29.8 Å². The van der Waals surface area contributed by atoms with Crippen molar-refractivity contribution in [2.75, 3.05) is 0 Å². The van der Waals surface area contributed by atoms with Crippen LogP contribution in [-0.4, -0.2) is 12.4 Å². The lowest BCUT2D eigenvalue weighted by atomic mass is 10.2. The molecule has 0 atom stereocenters. The topological polar surface area (TPSA) is 55.4 Å². The molecule has 0 saturated heterocycles. The van der Waals surface area contributed by atoms with Crippen LogP contribution in [0.3, 0.4) is 0 Å². The Morgan fingerprint density at radius 3 is 2.37 bits per heavy atom. The van der Waals surface area contributed by atoms with Gasteiger partial charge >= 0.3 is 0 Å². The van der Waals surface area contributed by atoms with Crippen molar-refractivity contribution in [1.29, 1.82) is 0 Å². The van der Waals surface area contributed by atoms with Crippen LogP contribution in [0.5, 0.6) is 5.75 Å². The first-order chi connectivity index (χ1) is 9.29. The van der Waals surface area contributed by atoms with Crippen molar-refractivity contribution in [2.24, 2.45) is 0 Å². The minimum Gasteiger partial charge on any atom is -0.429 e. The summed E-state index contributed by atoms with van der Waals surface area (Å²) in [5.41, 5.74) is 1.56. The van der Waals surface area contributed by atoms with Crippen molar-refractivity contribution in [3.8, 4) is 5.75 Å². The Kier molecular flexibility index (Phi) is 4.29. The fourth-order valence-electron chi connectivity index (χ4n) is 1.62. The summed E-state index contributed by atoms with van der Waals surface area (Å²) in [6, 6.07) is 16.0. The Morgan fingerprint density at radius 1 is 1.05 bits per heavy atom. The van der Waals surface area contributed by atoms with Crippen molar-refractivity contribution >= 4 is 12.4 Å². The third-order valence-corrected chi connectivity index (χ3v) is 2.60. The predicted octanol–water partition coefficient (Wildman–Crippen LogP) is 2.15. The summed E-state index contributed by atoms with van der Waals surface area (Å²) in [7, 11) is 0. The summed E-state index contributed by atoms with van der Waals surface area (Å²) < 4.78 is 4.66. The fourth-order valence-corrected chi connectivity index (χ4v) is 1.62. The Hall–Kier alpha value is -2.62. The van der Waals surface area contributed by atoms with Gasteiger partial charge in [-0.1, -0.05) is 30.3 Å². The summed E-state index contributed by atoms with van der Waals surface area (Å²) in [5, 5.41) is 2.82. The van der Waals surface area contributed by atoms with Gasteiger partial charge in [0.1, 0.15) is 5.75 Å². The van der Waals surface area contributed by atoms with E-state index in [0.717, 1.165) is 5.56 Å². The molecule has 0 aliphatic rings. The molecule has 0 spiro atoms. The lowest BCUT2D eigenvalue weighted by Gasteiger charge is -2.05. The van der Waals surface area contributed by atoms with Gasteiger partial charge in [0.15, 0.2) is 0 Å². The first-order valence-electron chi connectivity index (χ1n) is 5.82. The van der Waals surface area contributed by atoms with E-state index in [1.807, 2.05) is 30.3 Å². The van der Waals surface area contributed by atoms with Crippen LogP contribution >= 0.6 is 0 Å². The summed E-state index contributed by atoms with van der Waals surface area (Å²) in [4.78, 5) is 22.0. The Morgan fingerprint density at radius 2 is 1.74 bits per heavy atom. The zero-order chi connectivity index (χ0) is 13.5. The van der Waals surface area contributed by atoms with Crippen LogP contribution in [0.4, 0.5) is 0 Å². The van der Waals surface area contributed by atoms with Crippen LogP contribution < -0.4 is 10.1 Å². The third-order valence-electron chi connectivity index (χ3n) is 2.60. The van der Waals surface area contributed by atoms with Crippen molar-refractivity contribution in [3.63, 3.8) is 0 Å². The van der Waals surface area contributed by atoms with Crippen molar-refractivity contribution in [3.05, 3.63) is 65.7 Å². The number of hydrogen-bond acceptors (Lipinski definition) is 3. The second kappa shape index (κ2) is 6.35. The monoisotopic (exact) mass is 255 g/mol.